The molecule has 1 N–H and O–H groups in total. The number of nitrogens with one attached hydrogen (secondary N) is 1. The van der Waals surface area contributed by atoms with Gasteiger partial charge in [0.2, 0.25) is 0 Å². The van der Waals surface area contributed by atoms with E-state index in [1.807, 2.05) is 13.8 Å². The molecule has 0 spiro atoms. The molecule has 0 saturated carbocycles. The number of hydrogen-bond acceptors (Lipinski definition) is 3. The Hall–Kier alpha value is -1.49. The number of ether oxygens (including phenoxy) is 2. The monoisotopic (exact) mass is 289 g/mol. The first-order valence-corrected chi connectivity index (χ1v) is 5.71. The lowest BCUT2D eigenvalue weighted by Crippen LogP contribution is -2.47. The van der Waals surface area contributed by atoms with Crippen molar-refractivity contribution in [1.82, 2.24) is 5.32 Å². The summed E-state index contributed by atoms with van der Waals surface area (Å²) in [7, 11) is 1.48. The second kappa shape index (κ2) is 5.65. The number of alkyl carbamates (subject to hydrolysis) is 1. The van der Waals surface area contributed by atoms with E-state index < -0.39 is 23.4 Å². The minimum absolute atomic E-state index is 0. The van der Waals surface area contributed by atoms with Crippen molar-refractivity contribution in [3.63, 3.8) is 0 Å². The van der Waals surface area contributed by atoms with E-state index in [1.54, 1.807) is 12.1 Å². The summed E-state index contributed by atoms with van der Waals surface area (Å²) in [5.74, 6) is 0.0323. The number of hydrogen-bond donors (Lipinski definition) is 1. The van der Waals surface area contributed by atoms with Crippen LogP contribution in [0.4, 0.5) is 9.18 Å². The minimum Gasteiger partial charge on any atom is -0.496 e. The van der Waals surface area contributed by atoms with Crippen LogP contribution in [0.3, 0.4) is 0 Å². The third kappa shape index (κ3) is 2.92. The van der Waals surface area contributed by atoms with Crippen LogP contribution in [0.25, 0.3) is 0 Å². The smallest absolute Gasteiger partial charge is 0.407 e. The first kappa shape index (κ1) is 15.6. The van der Waals surface area contributed by atoms with Crippen molar-refractivity contribution in [3.8, 4) is 5.75 Å². The Morgan fingerprint density at radius 1 is 1.47 bits per heavy atom. The lowest BCUT2D eigenvalue weighted by molar-refractivity contribution is 0.0371. The zero-order chi connectivity index (χ0) is 13.3. The van der Waals surface area contributed by atoms with Crippen LogP contribution in [0.1, 0.15) is 25.5 Å². The molecule has 0 unspecified atom stereocenters. The fraction of sp³-hybridized carbons (Fsp3) is 0.462. The summed E-state index contributed by atoms with van der Waals surface area (Å²) >= 11 is 0. The molecule has 0 aromatic heterocycles. The summed E-state index contributed by atoms with van der Waals surface area (Å²) in [6.45, 7) is 4.05. The number of cyclic esters (lactones) is 1. The Balaban J connectivity index is 0.00000180. The Morgan fingerprint density at radius 2 is 2.16 bits per heavy atom. The number of carbonyl (C=O) groups is 1. The van der Waals surface area contributed by atoms with Crippen LogP contribution in [0.5, 0.6) is 5.75 Å². The highest BCUT2D eigenvalue weighted by molar-refractivity contribution is 5.85. The van der Waals surface area contributed by atoms with Gasteiger partial charge in [-0.2, -0.15) is 0 Å². The van der Waals surface area contributed by atoms with Crippen molar-refractivity contribution < 1.29 is 18.7 Å². The molecule has 1 aromatic rings. The van der Waals surface area contributed by atoms with E-state index in [0.717, 1.165) is 0 Å². The Kier molecular flexibility index (Phi) is 4.63. The number of amides is 1. The maximum absolute atomic E-state index is 14.0. The van der Waals surface area contributed by atoms with Crippen molar-refractivity contribution in [1.29, 1.82) is 0 Å². The lowest BCUT2D eigenvalue weighted by atomic mass is 9.80. The van der Waals surface area contributed by atoms with E-state index in [9.17, 15) is 9.18 Å². The summed E-state index contributed by atoms with van der Waals surface area (Å²) in [5.41, 5.74) is -0.0507. The van der Waals surface area contributed by atoms with Crippen molar-refractivity contribution in [2.24, 2.45) is 5.41 Å². The van der Waals surface area contributed by atoms with E-state index in [1.165, 1.54) is 13.2 Å². The minimum atomic E-state index is -0.537. The number of carbonyl (C=O) groups excluding carboxylic acids is 1. The van der Waals surface area contributed by atoms with Gasteiger partial charge < -0.3 is 14.8 Å². The molecular formula is C13H17ClFNO3. The summed E-state index contributed by atoms with van der Waals surface area (Å²) in [6.07, 6.45) is -0.537. The molecule has 1 aromatic carbocycles. The van der Waals surface area contributed by atoms with E-state index in [0.29, 0.717) is 11.3 Å². The predicted octanol–water partition coefficient (Wildman–Crippen LogP) is 3.06. The molecule has 19 heavy (non-hydrogen) atoms. The molecule has 0 aliphatic carbocycles. The molecular weight excluding hydrogens is 273 g/mol. The molecule has 1 amide bonds. The van der Waals surface area contributed by atoms with Gasteiger partial charge in [0.05, 0.1) is 18.7 Å². The molecule has 1 fully saturated rings. The summed E-state index contributed by atoms with van der Waals surface area (Å²) in [4.78, 5) is 11.3. The van der Waals surface area contributed by atoms with Gasteiger partial charge in [-0.25, -0.2) is 9.18 Å². The molecule has 1 saturated heterocycles. The average molecular weight is 290 g/mol. The zero-order valence-corrected chi connectivity index (χ0v) is 11.8. The molecule has 1 aliphatic heterocycles. The standard InChI is InChI=1S/C13H16FNO3.ClH/c1-13(2)7-18-12(16)15-11(13)10-8(14)5-4-6-9(10)17-3;/h4-6,11H,7H2,1-3H3,(H,15,16);1H/t11-;/m1./s1. The number of rotatable bonds is 2. The van der Waals surface area contributed by atoms with Gasteiger partial charge in [-0.15, -0.1) is 12.4 Å². The topological polar surface area (TPSA) is 47.6 Å². The first-order valence-electron chi connectivity index (χ1n) is 5.71. The number of benzene rings is 1. The van der Waals surface area contributed by atoms with Crippen LogP contribution in [0.15, 0.2) is 18.2 Å². The summed E-state index contributed by atoms with van der Waals surface area (Å²) < 4.78 is 24.1. The Labute approximate surface area is 117 Å². The largest absolute Gasteiger partial charge is 0.496 e. The maximum atomic E-state index is 14.0. The van der Waals surface area contributed by atoms with Crippen LogP contribution in [0, 0.1) is 11.2 Å². The molecule has 1 aliphatic rings. The van der Waals surface area contributed by atoms with Crippen molar-refractivity contribution in [3.05, 3.63) is 29.6 Å². The zero-order valence-electron chi connectivity index (χ0n) is 11.0. The van der Waals surface area contributed by atoms with Crippen molar-refractivity contribution >= 4 is 18.5 Å². The van der Waals surface area contributed by atoms with Crippen LogP contribution in [-0.4, -0.2) is 19.8 Å². The van der Waals surface area contributed by atoms with Crippen LogP contribution in [-0.2, 0) is 4.74 Å². The van der Waals surface area contributed by atoms with Crippen LogP contribution in [0.2, 0.25) is 0 Å². The average Bonchev–Trinajstić information content (AvgIpc) is 2.32. The first-order chi connectivity index (χ1) is 8.45. The van der Waals surface area contributed by atoms with Gasteiger partial charge in [0.1, 0.15) is 18.2 Å². The SMILES string of the molecule is COc1cccc(F)c1[C@H]1NC(=O)OCC1(C)C.Cl. The number of halogens is 2. The Bertz CT molecular complexity index is 479. The van der Waals surface area contributed by atoms with Crippen LogP contribution < -0.4 is 10.1 Å². The highest BCUT2D eigenvalue weighted by Gasteiger charge is 2.40. The molecule has 0 bridgehead atoms. The fourth-order valence-corrected chi connectivity index (χ4v) is 2.13. The Morgan fingerprint density at radius 3 is 2.79 bits per heavy atom. The highest BCUT2D eigenvalue weighted by atomic mass is 35.5. The van der Waals surface area contributed by atoms with Crippen molar-refractivity contribution in [2.75, 3.05) is 13.7 Å². The van der Waals surface area contributed by atoms with Gasteiger partial charge in [-0.1, -0.05) is 19.9 Å². The van der Waals surface area contributed by atoms with Crippen LogP contribution >= 0.6 is 12.4 Å². The second-order valence-electron chi connectivity index (χ2n) is 5.00. The normalized spacial score (nSPS) is 20.8. The van der Waals surface area contributed by atoms with E-state index in [-0.39, 0.29) is 19.0 Å². The third-order valence-corrected chi connectivity index (χ3v) is 3.14. The predicted molar refractivity (Wildman–Crippen MR) is 71.2 cm³/mol. The summed E-state index contributed by atoms with van der Waals surface area (Å²) in [5, 5.41) is 2.66. The number of methoxy groups -OCH3 is 1. The van der Waals surface area contributed by atoms with Gasteiger partial charge in [0.15, 0.2) is 0 Å². The third-order valence-electron chi connectivity index (χ3n) is 3.14. The van der Waals surface area contributed by atoms with Gasteiger partial charge in [-0.3, -0.25) is 0 Å². The molecule has 1 atom stereocenters. The lowest BCUT2D eigenvalue weighted by Gasteiger charge is -2.39. The molecule has 106 valence electrons. The maximum Gasteiger partial charge on any atom is 0.407 e. The second-order valence-corrected chi connectivity index (χ2v) is 5.00. The van der Waals surface area contributed by atoms with Gasteiger partial charge in [0, 0.05) is 5.41 Å². The van der Waals surface area contributed by atoms with E-state index in [2.05, 4.69) is 5.32 Å². The van der Waals surface area contributed by atoms with E-state index >= 15 is 0 Å². The van der Waals surface area contributed by atoms with E-state index in [4.69, 9.17) is 9.47 Å². The molecule has 0 radical (unpaired) electrons. The highest BCUT2D eigenvalue weighted by Crippen LogP contribution is 2.41. The molecule has 1 heterocycles. The van der Waals surface area contributed by atoms with Gasteiger partial charge >= 0.3 is 6.09 Å². The fourth-order valence-electron chi connectivity index (χ4n) is 2.13. The molecule has 6 heteroatoms. The van der Waals surface area contributed by atoms with Gasteiger partial charge in [0.25, 0.3) is 0 Å². The molecule has 2 rings (SSSR count). The van der Waals surface area contributed by atoms with Gasteiger partial charge in [-0.05, 0) is 12.1 Å². The van der Waals surface area contributed by atoms with Crippen molar-refractivity contribution in [2.45, 2.75) is 19.9 Å². The summed E-state index contributed by atoms with van der Waals surface area (Å²) in [6, 6.07) is 4.13. The quantitative estimate of drug-likeness (QED) is 0.910. The molecule has 4 nitrogen and oxygen atoms in total.